The van der Waals surface area contributed by atoms with E-state index >= 15 is 0 Å². The van der Waals surface area contributed by atoms with Gasteiger partial charge in [-0.1, -0.05) is 49.2 Å². The summed E-state index contributed by atoms with van der Waals surface area (Å²) in [6, 6.07) is 17.6. The second-order valence-corrected chi connectivity index (χ2v) is 9.45. The molecule has 2 fully saturated rings. The number of amides is 1. The first-order chi connectivity index (χ1) is 15.1. The molecule has 160 valence electrons. The average molecular weight is 415 g/mol. The number of nitrogens with two attached hydrogens (primary N) is 1. The third-order valence-electron chi connectivity index (χ3n) is 7.47. The van der Waals surface area contributed by atoms with Crippen LogP contribution in [-0.2, 0) is 6.42 Å². The molecule has 1 aromatic heterocycles. The number of rotatable bonds is 5. The lowest BCUT2D eigenvalue weighted by molar-refractivity contribution is 0.0997. The monoisotopic (exact) mass is 414 g/mol. The van der Waals surface area contributed by atoms with Crippen LogP contribution in [0.3, 0.4) is 0 Å². The van der Waals surface area contributed by atoms with Gasteiger partial charge in [-0.25, -0.2) is 4.98 Å². The zero-order valence-electron chi connectivity index (χ0n) is 18.0. The van der Waals surface area contributed by atoms with Gasteiger partial charge in [-0.15, -0.1) is 0 Å². The highest BCUT2D eigenvalue weighted by Crippen LogP contribution is 2.50. The molecule has 2 N–H and O–H groups in total. The number of carbonyl (C=O) groups excluding carboxylic acids is 1. The van der Waals surface area contributed by atoms with Gasteiger partial charge in [-0.2, -0.15) is 0 Å². The van der Waals surface area contributed by atoms with E-state index in [2.05, 4.69) is 0 Å². The molecule has 2 aliphatic rings. The molecule has 0 atom stereocenters. The van der Waals surface area contributed by atoms with Gasteiger partial charge in [0.15, 0.2) is 0 Å². The van der Waals surface area contributed by atoms with E-state index in [9.17, 15) is 4.79 Å². The maximum absolute atomic E-state index is 12.0. The zero-order valence-corrected chi connectivity index (χ0v) is 18.0. The summed E-state index contributed by atoms with van der Waals surface area (Å²) in [7, 11) is 0. The van der Waals surface area contributed by atoms with Gasteiger partial charge in [0.2, 0.25) is 5.88 Å². The molecule has 1 heterocycles. The van der Waals surface area contributed by atoms with Crippen molar-refractivity contribution in [1.29, 1.82) is 0 Å². The first-order valence-corrected chi connectivity index (χ1v) is 11.6. The smallest absolute Gasteiger partial charge is 0.254 e. The van der Waals surface area contributed by atoms with Crippen LogP contribution in [0.25, 0.3) is 10.8 Å². The zero-order chi connectivity index (χ0) is 21.3. The predicted molar refractivity (Wildman–Crippen MR) is 123 cm³/mol. The van der Waals surface area contributed by atoms with Gasteiger partial charge in [0.05, 0.1) is 0 Å². The summed E-state index contributed by atoms with van der Waals surface area (Å²) in [6.07, 6.45) is 11.9. The second-order valence-electron chi connectivity index (χ2n) is 9.45. The highest BCUT2D eigenvalue weighted by molar-refractivity contribution is 5.95. The van der Waals surface area contributed by atoms with E-state index in [0.29, 0.717) is 28.5 Å². The maximum Gasteiger partial charge on any atom is 0.254 e. The van der Waals surface area contributed by atoms with E-state index in [1.54, 1.807) is 6.07 Å². The largest absolute Gasteiger partial charge is 0.438 e. The number of primary amides is 1. The molecule has 0 saturated heterocycles. The van der Waals surface area contributed by atoms with Crippen LogP contribution in [-0.4, -0.2) is 10.9 Å². The topological polar surface area (TPSA) is 65.2 Å². The number of aromatic nitrogens is 1. The summed E-state index contributed by atoms with van der Waals surface area (Å²) in [5, 5.41) is 2.07. The fourth-order valence-corrected chi connectivity index (χ4v) is 5.66. The highest BCUT2D eigenvalue weighted by atomic mass is 16.5. The van der Waals surface area contributed by atoms with Crippen molar-refractivity contribution >= 4 is 16.7 Å². The van der Waals surface area contributed by atoms with Gasteiger partial charge in [0, 0.05) is 11.1 Å². The molecule has 1 spiro atoms. The number of nitrogens with zero attached hydrogens (tertiary/aromatic N) is 1. The van der Waals surface area contributed by atoms with Gasteiger partial charge in [-0.3, -0.25) is 4.79 Å². The van der Waals surface area contributed by atoms with E-state index < -0.39 is 5.91 Å². The van der Waals surface area contributed by atoms with Crippen molar-refractivity contribution in [1.82, 2.24) is 4.98 Å². The SMILES string of the molecule is NC(=O)c1ccc(CC2CCC3(CCCC3)CC2)nc1Oc1cccc2ccccc12. The molecule has 1 amide bonds. The van der Waals surface area contributed by atoms with Gasteiger partial charge in [-0.05, 0) is 79.9 Å². The van der Waals surface area contributed by atoms with Gasteiger partial charge < -0.3 is 10.5 Å². The summed E-state index contributed by atoms with van der Waals surface area (Å²) in [5.74, 6) is 1.13. The normalized spacial score (nSPS) is 18.5. The summed E-state index contributed by atoms with van der Waals surface area (Å²) in [4.78, 5) is 16.8. The molecule has 0 aliphatic heterocycles. The van der Waals surface area contributed by atoms with Crippen molar-refractivity contribution < 1.29 is 9.53 Å². The average Bonchev–Trinajstić information content (AvgIpc) is 3.24. The Hall–Kier alpha value is -2.88. The Morgan fingerprint density at radius 3 is 2.48 bits per heavy atom. The van der Waals surface area contributed by atoms with Crippen LogP contribution in [0.2, 0.25) is 0 Å². The molecular weight excluding hydrogens is 384 g/mol. The fraction of sp³-hybridized carbons (Fsp3) is 0.407. The van der Waals surface area contributed by atoms with Crippen LogP contribution in [0.4, 0.5) is 0 Å². The summed E-state index contributed by atoms with van der Waals surface area (Å²) in [5.41, 5.74) is 7.57. The molecule has 3 aromatic rings. The van der Waals surface area contributed by atoms with Crippen molar-refractivity contribution in [2.75, 3.05) is 0 Å². The number of pyridine rings is 1. The molecule has 2 aromatic carbocycles. The van der Waals surface area contributed by atoms with Gasteiger partial charge >= 0.3 is 0 Å². The van der Waals surface area contributed by atoms with Crippen LogP contribution in [0.5, 0.6) is 11.6 Å². The molecule has 2 saturated carbocycles. The van der Waals surface area contributed by atoms with Crippen LogP contribution < -0.4 is 10.5 Å². The Morgan fingerprint density at radius 1 is 0.968 bits per heavy atom. The molecule has 0 bridgehead atoms. The molecule has 0 radical (unpaired) electrons. The van der Waals surface area contributed by atoms with Gasteiger partial charge in [0.25, 0.3) is 5.91 Å². The van der Waals surface area contributed by atoms with Crippen LogP contribution in [0.1, 0.15) is 67.4 Å². The third kappa shape index (κ3) is 4.16. The van der Waals surface area contributed by atoms with E-state index in [4.69, 9.17) is 15.5 Å². The Morgan fingerprint density at radius 2 is 1.71 bits per heavy atom. The fourth-order valence-electron chi connectivity index (χ4n) is 5.66. The molecule has 4 heteroatoms. The lowest BCUT2D eigenvalue weighted by atomic mass is 9.68. The lowest BCUT2D eigenvalue weighted by Gasteiger charge is -2.37. The van der Waals surface area contributed by atoms with E-state index in [1.807, 2.05) is 48.5 Å². The van der Waals surface area contributed by atoms with Crippen LogP contribution >= 0.6 is 0 Å². The Bertz CT molecular complexity index is 1090. The minimum atomic E-state index is -0.518. The Labute approximate surface area is 183 Å². The van der Waals surface area contributed by atoms with E-state index in [0.717, 1.165) is 22.9 Å². The number of carbonyl (C=O) groups is 1. The molecule has 31 heavy (non-hydrogen) atoms. The second kappa shape index (κ2) is 8.33. The van der Waals surface area contributed by atoms with Crippen molar-refractivity contribution in [2.45, 2.75) is 57.8 Å². The van der Waals surface area contributed by atoms with Crippen LogP contribution in [0.15, 0.2) is 54.6 Å². The van der Waals surface area contributed by atoms with Crippen molar-refractivity contribution in [2.24, 2.45) is 17.1 Å². The molecule has 4 nitrogen and oxygen atoms in total. The first-order valence-electron chi connectivity index (χ1n) is 11.6. The number of hydrogen-bond donors (Lipinski definition) is 1. The number of benzene rings is 2. The predicted octanol–water partition coefficient (Wildman–Crippen LogP) is 6.42. The number of hydrogen-bond acceptors (Lipinski definition) is 3. The first kappa shape index (κ1) is 20.0. The summed E-state index contributed by atoms with van der Waals surface area (Å²) < 4.78 is 6.18. The van der Waals surface area contributed by atoms with Crippen molar-refractivity contribution in [3.8, 4) is 11.6 Å². The minimum Gasteiger partial charge on any atom is -0.438 e. The molecule has 0 unspecified atom stereocenters. The summed E-state index contributed by atoms with van der Waals surface area (Å²) >= 11 is 0. The Balaban J connectivity index is 1.37. The number of fused-ring (bicyclic) bond motifs is 1. The highest BCUT2D eigenvalue weighted by Gasteiger charge is 2.37. The van der Waals surface area contributed by atoms with E-state index in [-0.39, 0.29) is 0 Å². The minimum absolute atomic E-state index is 0.310. The third-order valence-corrected chi connectivity index (χ3v) is 7.47. The molecular formula is C27H30N2O2. The van der Waals surface area contributed by atoms with Crippen LogP contribution in [0, 0.1) is 11.3 Å². The van der Waals surface area contributed by atoms with E-state index in [1.165, 1.54) is 51.4 Å². The number of ether oxygens (including phenoxy) is 1. The maximum atomic E-state index is 12.0. The Kier molecular flexibility index (Phi) is 5.39. The summed E-state index contributed by atoms with van der Waals surface area (Å²) in [6.45, 7) is 0. The quantitative estimate of drug-likeness (QED) is 0.524. The standard InChI is InChI=1S/C27H30N2O2/c28-25(30)23-11-10-21(18-19-12-16-27(17-13-19)14-3-4-15-27)29-26(23)31-24-9-5-7-20-6-1-2-8-22(20)24/h1-2,5-11,19H,3-4,12-18H2,(H2,28,30). The molecule has 2 aliphatic carbocycles. The van der Waals surface area contributed by atoms with Crippen molar-refractivity contribution in [3.05, 3.63) is 65.9 Å². The molecule has 5 rings (SSSR count). The van der Waals surface area contributed by atoms with Gasteiger partial charge in [0.1, 0.15) is 11.3 Å². The lowest BCUT2D eigenvalue weighted by Crippen LogP contribution is -2.25. The van der Waals surface area contributed by atoms with Crippen molar-refractivity contribution in [3.63, 3.8) is 0 Å².